The number of hydrogen-bond acceptors (Lipinski definition) is 4. The molecule has 0 bridgehead atoms. The summed E-state index contributed by atoms with van der Waals surface area (Å²) in [6.07, 6.45) is 2.06. The largest absolute Gasteiger partial charge is 0.484 e. The van der Waals surface area contributed by atoms with E-state index in [9.17, 15) is 9.59 Å². The number of benzene rings is 2. The zero-order chi connectivity index (χ0) is 21.3. The maximum atomic E-state index is 13.1. The SMILES string of the molecule is Cc1oc2cc(OCC(=O)N3CCC(C)CC3)ccc2c(=O)c1-c1ccc(Cl)cc1. The van der Waals surface area contributed by atoms with Gasteiger partial charge >= 0.3 is 0 Å². The molecule has 1 fully saturated rings. The second-order valence-corrected chi connectivity index (χ2v) is 8.32. The Morgan fingerprint density at radius 1 is 1.17 bits per heavy atom. The maximum absolute atomic E-state index is 13.1. The highest BCUT2D eigenvalue weighted by atomic mass is 35.5. The summed E-state index contributed by atoms with van der Waals surface area (Å²) in [5, 5.41) is 1.08. The molecule has 0 unspecified atom stereocenters. The molecule has 30 heavy (non-hydrogen) atoms. The van der Waals surface area contributed by atoms with Crippen LogP contribution in [-0.2, 0) is 4.79 Å². The van der Waals surface area contributed by atoms with Gasteiger partial charge in [-0.3, -0.25) is 9.59 Å². The summed E-state index contributed by atoms with van der Waals surface area (Å²) in [5.41, 5.74) is 1.60. The van der Waals surface area contributed by atoms with E-state index in [0.29, 0.717) is 39.0 Å². The van der Waals surface area contributed by atoms with Crippen molar-refractivity contribution in [2.24, 2.45) is 5.92 Å². The minimum absolute atomic E-state index is 0.0160. The van der Waals surface area contributed by atoms with Gasteiger partial charge in [0, 0.05) is 24.2 Å². The van der Waals surface area contributed by atoms with E-state index in [1.165, 1.54) is 0 Å². The van der Waals surface area contributed by atoms with Crippen LogP contribution in [-0.4, -0.2) is 30.5 Å². The Morgan fingerprint density at radius 3 is 2.57 bits per heavy atom. The average molecular weight is 426 g/mol. The van der Waals surface area contributed by atoms with Crippen LogP contribution >= 0.6 is 11.6 Å². The molecule has 0 radical (unpaired) electrons. The van der Waals surface area contributed by atoms with Crippen molar-refractivity contribution in [3.8, 4) is 16.9 Å². The molecule has 0 atom stereocenters. The number of hydrogen-bond donors (Lipinski definition) is 0. The number of rotatable bonds is 4. The van der Waals surface area contributed by atoms with E-state index in [4.69, 9.17) is 20.8 Å². The van der Waals surface area contributed by atoms with Gasteiger partial charge in [0.1, 0.15) is 17.1 Å². The number of ether oxygens (including phenoxy) is 1. The maximum Gasteiger partial charge on any atom is 0.260 e. The first-order valence-electron chi connectivity index (χ1n) is 10.2. The minimum Gasteiger partial charge on any atom is -0.484 e. The third kappa shape index (κ3) is 4.21. The molecule has 0 spiro atoms. The predicted octanol–water partition coefficient (Wildman–Crippen LogP) is 5.06. The fourth-order valence-corrected chi connectivity index (χ4v) is 3.95. The number of carbonyl (C=O) groups excluding carboxylic acids is 1. The molecule has 5 nitrogen and oxygen atoms in total. The number of likely N-dealkylation sites (tertiary alicyclic amines) is 1. The van der Waals surface area contributed by atoms with Crippen molar-refractivity contribution in [2.75, 3.05) is 19.7 Å². The highest BCUT2D eigenvalue weighted by Gasteiger charge is 2.21. The third-order valence-electron chi connectivity index (χ3n) is 5.67. The Kier molecular flexibility index (Phi) is 5.82. The van der Waals surface area contributed by atoms with Crippen molar-refractivity contribution in [1.82, 2.24) is 4.90 Å². The quantitative estimate of drug-likeness (QED) is 0.586. The molecule has 1 saturated heterocycles. The molecule has 6 heteroatoms. The van der Waals surface area contributed by atoms with Crippen molar-refractivity contribution in [3.05, 3.63) is 63.5 Å². The van der Waals surface area contributed by atoms with Crippen LogP contribution in [0.4, 0.5) is 0 Å². The van der Waals surface area contributed by atoms with Crippen molar-refractivity contribution in [2.45, 2.75) is 26.7 Å². The summed E-state index contributed by atoms with van der Waals surface area (Å²) in [4.78, 5) is 27.3. The third-order valence-corrected chi connectivity index (χ3v) is 5.92. The fraction of sp³-hybridized carbons (Fsp3) is 0.333. The second kappa shape index (κ2) is 8.52. The van der Waals surface area contributed by atoms with Gasteiger partial charge in [-0.05, 0) is 55.5 Å². The normalized spacial score (nSPS) is 14.8. The molecule has 1 aliphatic rings. The van der Waals surface area contributed by atoms with Gasteiger partial charge in [0.2, 0.25) is 5.43 Å². The van der Waals surface area contributed by atoms with Crippen LogP contribution in [0.25, 0.3) is 22.1 Å². The molecular weight excluding hydrogens is 402 g/mol. The molecule has 0 aliphatic carbocycles. The summed E-state index contributed by atoms with van der Waals surface area (Å²) < 4.78 is 11.6. The number of carbonyl (C=O) groups is 1. The van der Waals surface area contributed by atoms with Gasteiger partial charge in [0.05, 0.1) is 10.9 Å². The smallest absolute Gasteiger partial charge is 0.260 e. The summed E-state index contributed by atoms with van der Waals surface area (Å²) >= 11 is 5.96. The zero-order valence-electron chi connectivity index (χ0n) is 17.1. The predicted molar refractivity (Wildman–Crippen MR) is 118 cm³/mol. The summed E-state index contributed by atoms with van der Waals surface area (Å²) in [6, 6.07) is 12.2. The number of halogens is 1. The Bertz CT molecular complexity index is 1130. The number of aryl methyl sites for hydroxylation is 1. The number of nitrogens with zero attached hydrogens (tertiary/aromatic N) is 1. The van der Waals surface area contributed by atoms with Gasteiger partial charge in [0.15, 0.2) is 6.61 Å². The Morgan fingerprint density at radius 2 is 1.87 bits per heavy atom. The summed E-state index contributed by atoms with van der Waals surface area (Å²) in [5.74, 6) is 1.67. The monoisotopic (exact) mass is 425 g/mol. The summed E-state index contributed by atoms with van der Waals surface area (Å²) in [7, 11) is 0. The van der Waals surface area contributed by atoms with Crippen LogP contribution in [0.15, 0.2) is 51.7 Å². The first-order chi connectivity index (χ1) is 14.4. The van der Waals surface area contributed by atoms with Crippen molar-refractivity contribution in [3.63, 3.8) is 0 Å². The highest BCUT2D eigenvalue weighted by Crippen LogP contribution is 2.27. The minimum atomic E-state index is -0.110. The molecule has 3 aromatic rings. The highest BCUT2D eigenvalue weighted by molar-refractivity contribution is 6.30. The average Bonchev–Trinajstić information content (AvgIpc) is 2.73. The Hall–Kier alpha value is -2.79. The van der Waals surface area contributed by atoms with E-state index >= 15 is 0 Å². The molecule has 1 aliphatic heterocycles. The van der Waals surface area contributed by atoms with Crippen molar-refractivity contribution in [1.29, 1.82) is 0 Å². The van der Waals surface area contributed by atoms with E-state index in [1.54, 1.807) is 49.4 Å². The molecule has 1 aromatic heterocycles. The van der Waals surface area contributed by atoms with E-state index in [2.05, 4.69) is 6.92 Å². The van der Waals surface area contributed by atoms with Crippen LogP contribution in [0.5, 0.6) is 5.75 Å². The van der Waals surface area contributed by atoms with Crippen molar-refractivity contribution >= 4 is 28.5 Å². The Balaban J connectivity index is 1.55. The molecule has 2 aromatic carbocycles. The molecular formula is C24H24ClNO4. The van der Waals surface area contributed by atoms with Crippen molar-refractivity contribution < 1.29 is 13.9 Å². The number of fused-ring (bicyclic) bond motifs is 1. The topological polar surface area (TPSA) is 59.8 Å². The lowest BCUT2D eigenvalue weighted by Gasteiger charge is -2.30. The first kappa shape index (κ1) is 20.5. The standard InChI is InChI=1S/C24H24ClNO4/c1-15-9-11-26(12-10-15)22(27)14-29-19-7-8-20-21(13-19)30-16(2)23(24(20)28)17-3-5-18(25)6-4-17/h3-8,13,15H,9-12,14H2,1-2H3. The lowest BCUT2D eigenvalue weighted by atomic mass is 9.99. The molecule has 2 heterocycles. The zero-order valence-corrected chi connectivity index (χ0v) is 17.9. The summed E-state index contributed by atoms with van der Waals surface area (Å²) in [6.45, 7) is 5.51. The van der Waals surface area contributed by atoms with Gasteiger partial charge in [-0.2, -0.15) is 0 Å². The van der Waals surface area contributed by atoms with E-state index < -0.39 is 0 Å². The van der Waals surface area contributed by atoms with E-state index in [0.717, 1.165) is 31.5 Å². The first-order valence-corrected chi connectivity index (χ1v) is 10.5. The second-order valence-electron chi connectivity index (χ2n) is 7.88. The van der Waals surface area contributed by atoms with Crippen LogP contribution in [0.3, 0.4) is 0 Å². The molecule has 4 rings (SSSR count). The van der Waals surface area contributed by atoms with Crippen LogP contribution in [0.1, 0.15) is 25.5 Å². The van der Waals surface area contributed by atoms with Gasteiger partial charge in [-0.15, -0.1) is 0 Å². The molecule has 0 saturated carbocycles. The van der Waals surface area contributed by atoms with Crippen LogP contribution in [0.2, 0.25) is 5.02 Å². The van der Waals surface area contributed by atoms with Crippen LogP contribution < -0.4 is 10.2 Å². The van der Waals surface area contributed by atoms with E-state index in [-0.39, 0.29) is 17.9 Å². The fourth-order valence-electron chi connectivity index (χ4n) is 3.82. The van der Waals surface area contributed by atoms with E-state index in [1.807, 2.05) is 4.90 Å². The molecule has 156 valence electrons. The lowest BCUT2D eigenvalue weighted by Crippen LogP contribution is -2.40. The Labute approximate surface area is 180 Å². The molecule has 1 amide bonds. The lowest BCUT2D eigenvalue weighted by molar-refractivity contribution is -0.134. The van der Waals surface area contributed by atoms with Gasteiger partial charge in [-0.1, -0.05) is 30.7 Å². The molecule has 0 N–H and O–H groups in total. The van der Waals surface area contributed by atoms with Crippen LogP contribution in [0, 0.1) is 12.8 Å². The number of piperidine rings is 1. The van der Waals surface area contributed by atoms with Gasteiger partial charge in [0.25, 0.3) is 5.91 Å². The van der Waals surface area contributed by atoms with Gasteiger partial charge < -0.3 is 14.1 Å². The number of amides is 1. The van der Waals surface area contributed by atoms with Gasteiger partial charge in [-0.25, -0.2) is 0 Å².